The Balaban J connectivity index is 1.37. The highest BCUT2D eigenvalue weighted by Gasteiger charge is 2.51. The van der Waals surface area contributed by atoms with Crippen molar-refractivity contribution in [1.82, 2.24) is 21.3 Å². The molecule has 0 heterocycles. The van der Waals surface area contributed by atoms with Crippen LogP contribution in [0.4, 0.5) is 4.79 Å². The van der Waals surface area contributed by atoms with E-state index in [4.69, 9.17) is 0 Å². The lowest BCUT2D eigenvalue weighted by Crippen LogP contribution is -2.61. The maximum absolute atomic E-state index is 12.3. The number of hydrogen-bond acceptors (Lipinski definition) is 3. The minimum Gasteiger partial charge on any atom is -0.354 e. The molecule has 0 aromatic rings. The Morgan fingerprint density at radius 3 is 2.17 bits per heavy atom. The lowest BCUT2D eigenvalue weighted by Gasteiger charge is -2.56. The Hall–Kier alpha value is -1.30. The van der Waals surface area contributed by atoms with Crippen LogP contribution < -0.4 is 21.3 Å². The van der Waals surface area contributed by atoms with Gasteiger partial charge in [0.1, 0.15) is 0 Å². The van der Waals surface area contributed by atoms with Crippen molar-refractivity contribution in [2.75, 3.05) is 20.1 Å². The fourth-order valence-corrected chi connectivity index (χ4v) is 5.30. The molecule has 4 bridgehead atoms. The van der Waals surface area contributed by atoms with Gasteiger partial charge < -0.3 is 21.3 Å². The number of nitrogens with one attached hydrogen (secondary N) is 4. The number of rotatable bonds is 7. The van der Waals surface area contributed by atoms with Gasteiger partial charge in [0, 0.05) is 31.1 Å². The molecule has 4 N–H and O–H groups in total. The van der Waals surface area contributed by atoms with Crippen LogP contribution in [0.2, 0.25) is 0 Å². The van der Waals surface area contributed by atoms with E-state index in [1.807, 2.05) is 14.0 Å². The van der Waals surface area contributed by atoms with Crippen LogP contribution in [0.25, 0.3) is 0 Å². The van der Waals surface area contributed by atoms with Gasteiger partial charge in [-0.05, 0) is 70.3 Å². The fourth-order valence-electron chi connectivity index (χ4n) is 5.30. The molecule has 4 fully saturated rings. The molecular weight excluding hydrogens is 304 g/mol. The summed E-state index contributed by atoms with van der Waals surface area (Å²) < 4.78 is 0. The molecule has 0 aromatic heterocycles. The summed E-state index contributed by atoms with van der Waals surface area (Å²) in [4.78, 5) is 24.0. The highest BCUT2D eigenvalue weighted by atomic mass is 16.2. The Labute approximate surface area is 144 Å². The average Bonchev–Trinajstić information content (AvgIpc) is 2.50. The van der Waals surface area contributed by atoms with E-state index in [-0.39, 0.29) is 23.5 Å². The maximum atomic E-state index is 12.3. The lowest BCUT2D eigenvalue weighted by molar-refractivity contribution is -0.121. The first-order valence-electron chi connectivity index (χ1n) is 9.48. The number of carbonyl (C=O) groups excluding carboxylic acids is 2. The third-order valence-electron chi connectivity index (χ3n) is 6.15. The van der Waals surface area contributed by atoms with Gasteiger partial charge in [0.2, 0.25) is 5.91 Å². The first-order valence-corrected chi connectivity index (χ1v) is 9.48. The molecule has 4 saturated carbocycles. The first-order chi connectivity index (χ1) is 11.5. The highest BCUT2D eigenvalue weighted by molar-refractivity contribution is 5.78. The molecular formula is C18H32N4O2. The van der Waals surface area contributed by atoms with E-state index in [9.17, 15) is 9.59 Å². The van der Waals surface area contributed by atoms with Crippen molar-refractivity contribution in [1.29, 1.82) is 0 Å². The van der Waals surface area contributed by atoms with E-state index in [0.717, 1.165) is 37.0 Å². The Morgan fingerprint density at radius 1 is 1.04 bits per heavy atom. The third kappa shape index (κ3) is 4.21. The van der Waals surface area contributed by atoms with Gasteiger partial charge in [-0.25, -0.2) is 4.79 Å². The standard InChI is InChI=1S/C18H32N4O2/c1-12(19-2)11-21-16(23)3-4-20-17(24)22-18-8-13-5-14(9-18)7-15(6-13)10-18/h12-15,19H,3-11H2,1-2H3,(H,21,23)(H2,20,22,24). The summed E-state index contributed by atoms with van der Waals surface area (Å²) in [6.45, 7) is 3.00. The summed E-state index contributed by atoms with van der Waals surface area (Å²) in [6.07, 6.45) is 7.87. The number of urea groups is 1. The molecule has 4 rings (SSSR count). The lowest BCUT2D eigenvalue weighted by atomic mass is 9.53. The van der Waals surface area contributed by atoms with Crippen LogP contribution in [0.15, 0.2) is 0 Å². The second-order valence-electron chi connectivity index (χ2n) is 8.32. The van der Waals surface area contributed by atoms with Crippen molar-refractivity contribution in [3.05, 3.63) is 0 Å². The largest absolute Gasteiger partial charge is 0.354 e. The molecule has 3 amide bonds. The first kappa shape index (κ1) is 17.5. The van der Waals surface area contributed by atoms with Gasteiger partial charge >= 0.3 is 6.03 Å². The quantitative estimate of drug-likeness (QED) is 0.567. The summed E-state index contributed by atoms with van der Waals surface area (Å²) >= 11 is 0. The van der Waals surface area contributed by atoms with Crippen molar-refractivity contribution >= 4 is 11.9 Å². The van der Waals surface area contributed by atoms with Crippen molar-refractivity contribution < 1.29 is 9.59 Å². The smallest absolute Gasteiger partial charge is 0.315 e. The SMILES string of the molecule is CNC(C)CNC(=O)CCNC(=O)NC12CC3CC(CC(C3)C1)C2. The number of hydrogen-bond donors (Lipinski definition) is 4. The normalized spacial score (nSPS) is 34.7. The monoisotopic (exact) mass is 336 g/mol. The molecule has 4 aliphatic carbocycles. The van der Waals surface area contributed by atoms with Crippen molar-refractivity contribution in [2.45, 2.75) is 63.5 Å². The Morgan fingerprint density at radius 2 is 1.62 bits per heavy atom. The Kier molecular flexibility index (Phi) is 5.33. The maximum Gasteiger partial charge on any atom is 0.315 e. The molecule has 6 nitrogen and oxygen atoms in total. The summed E-state index contributed by atoms with van der Waals surface area (Å²) in [5.41, 5.74) is 0.0311. The van der Waals surface area contributed by atoms with Crippen molar-refractivity contribution in [2.24, 2.45) is 17.8 Å². The predicted molar refractivity (Wildman–Crippen MR) is 93.6 cm³/mol. The number of carbonyl (C=O) groups is 2. The minimum absolute atomic E-state index is 0.0211. The van der Waals surface area contributed by atoms with Crippen LogP contribution in [0.5, 0.6) is 0 Å². The number of amides is 3. The molecule has 136 valence electrons. The summed E-state index contributed by atoms with van der Waals surface area (Å²) in [6, 6.07) is 0.148. The molecule has 4 aliphatic rings. The van der Waals surface area contributed by atoms with Gasteiger partial charge in [-0.15, -0.1) is 0 Å². The van der Waals surface area contributed by atoms with Gasteiger partial charge in [0.05, 0.1) is 0 Å². The molecule has 0 aliphatic heterocycles. The molecule has 1 unspecified atom stereocenters. The third-order valence-corrected chi connectivity index (χ3v) is 6.15. The highest BCUT2D eigenvalue weighted by Crippen LogP contribution is 2.55. The second-order valence-corrected chi connectivity index (χ2v) is 8.32. The van der Waals surface area contributed by atoms with Crippen molar-refractivity contribution in [3.63, 3.8) is 0 Å². The zero-order valence-electron chi connectivity index (χ0n) is 15.0. The molecule has 1 atom stereocenters. The van der Waals surface area contributed by atoms with Gasteiger partial charge in [-0.1, -0.05) is 0 Å². The van der Waals surface area contributed by atoms with E-state index in [2.05, 4.69) is 21.3 Å². The van der Waals surface area contributed by atoms with E-state index < -0.39 is 0 Å². The zero-order chi connectivity index (χ0) is 17.2. The van der Waals surface area contributed by atoms with Gasteiger partial charge in [-0.3, -0.25) is 4.79 Å². The summed E-state index contributed by atoms with van der Waals surface area (Å²) in [7, 11) is 1.87. The summed E-state index contributed by atoms with van der Waals surface area (Å²) in [5, 5.41) is 12.1. The van der Waals surface area contributed by atoms with E-state index >= 15 is 0 Å². The fraction of sp³-hybridized carbons (Fsp3) is 0.889. The van der Waals surface area contributed by atoms with E-state index in [0.29, 0.717) is 19.5 Å². The van der Waals surface area contributed by atoms with Gasteiger partial charge in [0.25, 0.3) is 0 Å². The van der Waals surface area contributed by atoms with Crippen LogP contribution in [0.1, 0.15) is 51.9 Å². The summed E-state index contributed by atoms with van der Waals surface area (Å²) in [5.74, 6) is 2.43. The van der Waals surface area contributed by atoms with Crippen LogP contribution >= 0.6 is 0 Å². The van der Waals surface area contributed by atoms with Gasteiger partial charge in [-0.2, -0.15) is 0 Å². The van der Waals surface area contributed by atoms with Crippen LogP contribution in [0.3, 0.4) is 0 Å². The van der Waals surface area contributed by atoms with Crippen molar-refractivity contribution in [3.8, 4) is 0 Å². The topological polar surface area (TPSA) is 82.3 Å². The van der Waals surface area contributed by atoms with Gasteiger partial charge in [0.15, 0.2) is 0 Å². The molecule has 0 radical (unpaired) electrons. The number of likely N-dealkylation sites (N-methyl/N-ethyl adjacent to an activating group) is 1. The predicted octanol–water partition coefficient (Wildman–Crippen LogP) is 1.37. The van der Waals surface area contributed by atoms with Crippen LogP contribution in [-0.4, -0.2) is 43.7 Å². The van der Waals surface area contributed by atoms with E-state index in [1.165, 1.54) is 19.3 Å². The van der Waals surface area contributed by atoms with Crippen LogP contribution in [0, 0.1) is 17.8 Å². The average molecular weight is 336 g/mol. The van der Waals surface area contributed by atoms with Crippen LogP contribution in [-0.2, 0) is 4.79 Å². The molecule has 0 saturated heterocycles. The van der Waals surface area contributed by atoms with E-state index in [1.54, 1.807) is 0 Å². The molecule has 0 spiro atoms. The molecule has 24 heavy (non-hydrogen) atoms. The second kappa shape index (κ2) is 7.30. The zero-order valence-corrected chi connectivity index (χ0v) is 15.0. The Bertz CT molecular complexity index is 444. The molecule has 6 heteroatoms. The molecule has 0 aromatic carbocycles. The minimum atomic E-state index is -0.103.